The van der Waals surface area contributed by atoms with Crippen LogP contribution in [0.1, 0.15) is 15.9 Å². The van der Waals surface area contributed by atoms with Gasteiger partial charge >= 0.3 is 0 Å². The predicted octanol–water partition coefficient (Wildman–Crippen LogP) is 2.85. The molecule has 6 nitrogen and oxygen atoms in total. The number of benzene rings is 2. The lowest BCUT2D eigenvalue weighted by atomic mass is 10.2. The summed E-state index contributed by atoms with van der Waals surface area (Å²) in [6.07, 6.45) is 1.12. The van der Waals surface area contributed by atoms with Crippen molar-refractivity contribution in [3.63, 3.8) is 0 Å². The lowest BCUT2D eigenvalue weighted by Gasteiger charge is -2.24. The number of aryl methyl sites for hydroxylation is 1. The van der Waals surface area contributed by atoms with Gasteiger partial charge in [-0.3, -0.25) is 9.10 Å². The maximum absolute atomic E-state index is 12.2. The molecule has 0 aliphatic carbocycles. The van der Waals surface area contributed by atoms with Crippen LogP contribution in [-0.4, -0.2) is 40.8 Å². The van der Waals surface area contributed by atoms with Crippen LogP contribution in [0.3, 0.4) is 0 Å². The third-order valence-electron chi connectivity index (χ3n) is 3.72. The second kappa shape index (κ2) is 8.42. The van der Waals surface area contributed by atoms with Gasteiger partial charge in [-0.25, -0.2) is 8.42 Å². The quantitative estimate of drug-likeness (QED) is 0.780. The van der Waals surface area contributed by atoms with E-state index in [1.807, 2.05) is 13.0 Å². The molecule has 0 aliphatic heterocycles. The Hall–Kier alpha value is -2.25. The Morgan fingerprint density at radius 2 is 1.92 bits per heavy atom. The van der Waals surface area contributed by atoms with E-state index in [0.29, 0.717) is 22.0 Å². The first-order valence-corrected chi connectivity index (χ1v) is 10.1. The van der Waals surface area contributed by atoms with Crippen LogP contribution in [0, 0.1) is 6.92 Å². The van der Waals surface area contributed by atoms with Gasteiger partial charge in [0, 0.05) is 6.54 Å². The minimum Gasteiger partial charge on any atom is -0.495 e. The average Bonchev–Trinajstić information content (AvgIpc) is 2.57. The number of ether oxygens (including phenoxy) is 1. The number of methoxy groups -OCH3 is 1. The zero-order chi connectivity index (χ0) is 19.3. The van der Waals surface area contributed by atoms with E-state index in [1.165, 1.54) is 11.4 Å². The SMILES string of the molecule is COc1ccc(C)cc1N(CCNC(=O)c1ccccc1Cl)S(C)(=O)=O. The van der Waals surface area contributed by atoms with Crippen molar-refractivity contribution >= 4 is 33.2 Å². The van der Waals surface area contributed by atoms with E-state index in [2.05, 4.69) is 5.32 Å². The van der Waals surface area contributed by atoms with Crippen LogP contribution in [0.4, 0.5) is 5.69 Å². The molecule has 140 valence electrons. The van der Waals surface area contributed by atoms with Crippen molar-refractivity contribution < 1.29 is 17.9 Å². The molecule has 0 aliphatic rings. The number of amides is 1. The first-order chi connectivity index (χ1) is 12.2. The van der Waals surface area contributed by atoms with E-state index >= 15 is 0 Å². The topological polar surface area (TPSA) is 75.7 Å². The molecule has 1 N–H and O–H groups in total. The molecule has 0 saturated carbocycles. The molecule has 26 heavy (non-hydrogen) atoms. The van der Waals surface area contributed by atoms with Gasteiger partial charge in [0.05, 0.1) is 36.2 Å². The van der Waals surface area contributed by atoms with Gasteiger partial charge in [0.15, 0.2) is 0 Å². The van der Waals surface area contributed by atoms with Gasteiger partial charge in [-0.2, -0.15) is 0 Å². The van der Waals surface area contributed by atoms with Crippen LogP contribution in [0.5, 0.6) is 5.75 Å². The molecule has 0 saturated heterocycles. The van der Waals surface area contributed by atoms with Gasteiger partial charge in [-0.1, -0.05) is 29.8 Å². The first kappa shape index (κ1) is 20.1. The molecule has 2 aromatic rings. The molecule has 0 radical (unpaired) electrons. The normalized spacial score (nSPS) is 11.1. The lowest BCUT2D eigenvalue weighted by Crippen LogP contribution is -2.38. The molecule has 1 amide bonds. The zero-order valence-corrected chi connectivity index (χ0v) is 16.4. The Morgan fingerprint density at radius 3 is 2.54 bits per heavy atom. The second-order valence-corrected chi connectivity index (χ2v) is 8.06. The molecule has 8 heteroatoms. The summed E-state index contributed by atoms with van der Waals surface area (Å²) in [4.78, 5) is 12.2. The third kappa shape index (κ3) is 4.89. The Kier molecular flexibility index (Phi) is 6.50. The van der Waals surface area contributed by atoms with Crippen molar-refractivity contribution in [3.8, 4) is 5.75 Å². The van der Waals surface area contributed by atoms with E-state index in [9.17, 15) is 13.2 Å². The fourth-order valence-electron chi connectivity index (χ4n) is 2.47. The van der Waals surface area contributed by atoms with Crippen LogP contribution in [0.2, 0.25) is 5.02 Å². The van der Waals surface area contributed by atoms with E-state index in [0.717, 1.165) is 11.8 Å². The number of hydrogen-bond acceptors (Lipinski definition) is 4. The van der Waals surface area contributed by atoms with E-state index in [-0.39, 0.29) is 19.0 Å². The van der Waals surface area contributed by atoms with Crippen LogP contribution < -0.4 is 14.4 Å². The van der Waals surface area contributed by atoms with Gasteiger partial charge in [-0.15, -0.1) is 0 Å². The number of anilines is 1. The number of sulfonamides is 1. The number of hydrogen-bond donors (Lipinski definition) is 1. The second-order valence-electron chi connectivity index (χ2n) is 5.75. The monoisotopic (exact) mass is 396 g/mol. The molecule has 0 aromatic heterocycles. The maximum Gasteiger partial charge on any atom is 0.252 e. The van der Waals surface area contributed by atoms with Crippen LogP contribution >= 0.6 is 11.6 Å². The number of nitrogens with one attached hydrogen (secondary N) is 1. The van der Waals surface area contributed by atoms with E-state index < -0.39 is 10.0 Å². The van der Waals surface area contributed by atoms with Gasteiger partial charge < -0.3 is 10.1 Å². The zero-order valence-electron chi connectivity index (χ0n) is 14.8. The molecule has 2 aromatic carbocycles. The Balaban J connectivity index is 2.17. The summed E-state index contributed by atoms with van der Waals surface area (Å²) in [6, 6.07) is 11.9. The first-order valence-electron chi connectivity index (χ1n) is 7.89. The molecular weight excluding hydrogens is 376 g/mol. The van der Waals surface area contributed by atoms with Gasteiger partial charge in [-0.05, 0) is 36.8 Å². The summed E-state index contributed by atoms with van der Waals surface area (Å²) in [7, 11) is -2.08. The van der Waals surface area contributed by atoms with Crippen molar-refractivity contribution in [2.24, 2.45) is 0 Å². The summed E-state index contributed by atoms with van der Waals surface area (Å²) in [5.41, 5.74) is 1.67. The van der Waals surface area contributed by atoms with Gasteiger partial charge in [0.1, 0.15) is 5.75 Å². The highest BCUT2D eigenvalue weighted by atomic mass is 35.5. The number of carbonyl (C=O) groups is 1. The van der Waals surface area contributed by atoms with E-state index in [1.54, 1.807) is 36.4 Å². The minimum atomic E-state index is -3.56. The highest BCUT2D eigenvalue weighted by molar-refractivity contribution is 7.92. The highest BCUT2D eigenvalue weighted by Gasteiger charge is 2.21. The fraction of sp³-hybridized carbons (Fsp3) is 0.278. The lowest BCUT2D eigenvalue weighted by molar-refractivity contribution is 0.0955. The fourth-order valence-corrected chi connectivity index (χ4v) is 3.62. The van der Waals surface area contributed by atoms with Gasteiger partial charge in [0.2, 0.25) is 10.0 Å². The van der Waals surface area contributed by atoms with Crippen molar-refractivity contribution in [3.05, 3.63) is 58.6 Å². The number of nitrogens with zero attached hydrogens (tertiary/aromatic N) is 1. The molecule has 0 bridgehead atoms. The van der Waals surface area contributed by atoms with Crippen LogP contribution in [0.25, 0.3) is 0 Å². The van der Waals surface area contributed by atoms with Crippen molar-refractivity contribution in [2.45, 2.75) is 6.92 Å². The minimum absolute atomic E-state index is 0.0643. The number of carbonyl (C=O) groups excluding carboxylic acids is 1. The van der Waals surface area contributed by atoms with Crippen LogP contribution in [-0.2, 0) is 10.0 Å². The van der Waals surface area contributed by atoms with Gasteiger partial charge in [0.25, 0.3) is 5.91 Å². The third-order valence-corrected chi connectivity index (χ3v) is 5.23. The van der Waals surface area contributed by atoms with E-state index in [4.69, 9.17) is 16.3 Å². The highest BCUT2D eigenvalue weighted by Crippen LogP contribution is 2.30. The molecular formula is C18H21ClN2O4S. The summed E-state index contributed by atoms with van der Waals surface area (Å²) < 4.78 is 31.0. The average molecular weight is 397 g/mol. The summed E-state index contributed by atoms with van der Waals surface area (Å²) >= 11 is 6.00. The summed E-state index contributed by atoms with van der Waals surface area (Å²) in [5.74, 6) is 0.0821. The number of halogens is 1. The predicted molar refractivity (Wildman–Crippen MR) is 104 cm³/mol. The summed E-state index contributed by atoms with van der Waals surface area (Å²) in [5, 5.41) is 3.03. The van der Waals surface area contributed by atoms with Crippen molar-refractivity contribution in [1.29, 1.82) is 0 Å². The molecule has 0 spiro atoms. The van der Waals surface area contributed by atoms with Crippen molar-refractivity contribution in [1.82, 2.24) is 5.32 Å². The Morgan fingerprint density at radius 1 is 1.23 bits per heavy atom. The molecule has 2 rings (SSSR count). The molecule has 0 fully saturated rings. The van der Waals surface area contributed by atoms with Crippen LogP contribution in [0.15, 0.2) is 42.5 Å². The standard InChI is InChI=1S/C18H21ClN2O4S/c1-13-8-9-17(25-2)16(12-13)21(26(3,23)24)11-10-20-18(22)14-6-4-5-7-15(14)19/h4-9,12H,10-11H2,1-3H3,(H,20,22). The molecule has 0 heterocycles. The smallest absolute Gasteiger partial charge is 0.252 e. The Bertz CT molecular complexity index is 900. The maximum atomic E-state index is 12.2. The Labute approximate surface area is 158 Å². The van der Waals surface area contributed by atoms with Crippen molar-refractivity contribution in [2.75, 3.05) is 30.8 Å². The molecule has 0 atom stereocenters. The largest absolute Gasteiger partial charge is 0.495 e. The summed E-state index contributed by atoms with van der Waals surface area (Å²) in [6.45, 7) is 2.05. The number of rotatable bonds is 7. The molecule has 0 unspecified atom stereocenters.